The van der Waals surface area contributed by atoms with Crippen LogP contribution >= 0.6 is 27.5 Å². The first-order valence-corrected chi connectivity index (χ1v) is 9.89. The third kappa shape index (κ3) is 3.06. The zero-order valence-corrected chi connectivity index (χ0v) is 17.5. The maximum absolute atomic E-state index is 6.20. The molecule has 4 aromatic rings. The van der Waals surface area contributed by atoms with Crippen LogP contribution in [0.1, 0.15) is 6.42 Å². The van der Waals surface area contributed by atoms with E-state index in [0.29, 0.717) is 69.4 Å². The maximum Gasteiger partial charge on any atom is 0.258 e. The molecule has 5 heterocycles. The van der Waals surface area contributed by atoms with Gasteiger partial charge in [0.2, 0.25) is 11.8 Å². The van der Waals surface area contributed by atoms with Crippen molar-refractivity contribution in [2.45, 2.75) is 13.0 Å². The lowest BCUT2D eigenvalue weighted by Crippen LogP contribution is -2.07. The Morgan fingerprint density at radius 1 is 1.31 bits per heavy atom. The summed E-state index contributed by atoms with van der Waals surface area (Å²) in [6, 6.07) is 3.66. The number of rotatable bonds is 2. The number of hydrogen-bond donors (Lipinski definition) is 1. The molecule has 4 aromatic heterocycles. The van der Waals surface area contributed by atoms with Crippen LogP contribution in [0.2, 0.25) is 5.15 Å². The topological polar surface area (TPSA) is 105 Å². The van der Waals surface area contributed by atoms with E-state index in [-0.39, 0.29) is 0 Å². The van der Waals surface area contributed by atoms with Gasteiger partial charge in [-0.05, 0) is 28.1 Å². The van der Waals surface area contributed by atoms with Crippen molar-refractivity contribution < 1.29 is 9.47 Å². The number of aromatic nitrogens is 7. The van der Waals surface area contributed by atoms with Gasteiger partial charge in [0.15, 0.2) is 10.8 Å². The minimum Gasteiger partial charge on any atom is -0.479 e. The van der Waals surface area contributed by atoms with E-state index < -0.39 is 0 Å². The Morgan fingerprint density at radius 3 is 3.07 bits per heavy atom. The van der Waals surface area contributed by atoms with Gasteiger partial charge in [0.05, 0.1) is 19.1 Å². The van der Waals surface area contributed by atoms with Gasteiger partial charge in [-0.3, -0.25) is 0 Å². The predicted octanol–water partition coefficient (Wildman–Crippen LogP) is 3.36. The second-order valence-electron chi connectivity index (χ2n) is 6.19. The van der Waals surface area contributed by atoms with Crippen molar-refractivity contribution in [1.29, 1.82) is 0 Å². The lowest BCUT2D eigenvalue weighted by atomic mass is 10.4. The van der Waals surface area contributed by atoms with Crippen LogP contribution in [-0.2, 0) is 6.54 Å². The number of nitrogens with zero attached hydrogens (tertiary/aromatic N) is 7. The standard InChI is InChI=1S/C17H14BrClN8O2/c1-28-15-10(4-2-5-20-15)27-12(18)11-16(25-27)29-7-3-6-26-14-9(13(19)24-26)8-21-17(22-11)23-14/h2,4-5,8H,3,6-7H2,1H3,(H,21,22,23). The first-order valence-electron chi connectivity index (χ1n) is 8.72. The fourth-order valence-electron chi connectivity index (χ4n) is 3.08. The lowest BCUT2D eigenvalue weighted by molar-refractivity contribution is 0.288. The Balaban J connectivity index is 1.64. The molecule has 1 N–H and O–H groups in total. The molecular weight excluding hydrogens is 464 g/mol. The van der Waals surface area contributed by atoms with Crippen molar-refractivity contribution in [3.8, 4) is 17.4 Å². The molecule has 2 bridgehead atoms. The summed E-state index contributed by atoms with van der Waals surface area (Å²) in [7, 11) is 1.56. The number of fused-ring (bicyclic) bond motifs is 2. The number of hydrogen-bond acceptors (Lipinski definition) is 8. The van der Waals surface area contributed by atoms with Gasteiger partial charge >= 0.3 is 0 Å². The number of ether oxygens (including phenoxy) is 2. The molecule has 0 unspecified atom stereocenters. The molecule has 0 radical (unpaired) electrons. The average molecular weight is 478 g/mol. The fourth-order valence-corrected chi connectivity index (χ4v) is 3.84. The smallest absolute Gasteiger partial charge is 0.258 e. The SMILES string of the molecule is COc1ncccc1-n1nc2c(c1Br)Nc1ncc3c(Cl)nn(c3n1)CCCO2. The van der Waals surface area contributed by atoms with Gasteiger partial charge in [-0.25, -0.2) is 19.3 Å². The van der Waals surface area contributed by atoms with Crippen LogP contribution in [0, 0.1) is 0 Å². The highest BCUT2D eigenvalue weighted by Crippen LogP contribution is 2.38. The van der Waals surface area contributed by atoms with Crippen LogP contribution in [0.4, 0.5) is 11.6 Å². The molecular formula is C17H14BrClN8O2. The zero-order valence-electron chi connectivity index (χ0n) is 15.1. The Kier molecular flexibility index (Phi) is 4.47. The van der Waals surface area contributed by atoms with E-state index in [1.54, 1.807) is 34.9 Å². The van der Waals surface area contributed by atoms with Gasteiger partial charge in [0.25, 0.3) is 5.88 Å². The van der Waals surface area contributed by atoms with Crippen molar-refractivity contribution in [1.82, 2.24) is 34.5 Å². The van der Waals surface area contributed by atoms with E-state index >= 15 is 0 Å². The largest absolute Gasteiger partial charge is 0.479 e. The first-order chi connectivity index (χ1) is 14.2. The van der Waals surface area contributed by atoms with Gasteiger partial charge in [0.1, 0.15) is 16.0 Å². The monoisotopic (exact) mass is 476 g/mol. The van der Waals surface area contributed by atoms with Crippen molar-refractivity contribution >= 4 is 50.2 Å². The lowest BCUT2D eigenvalue weighted by Gasteiger charge is -2.08. The van der Waals surface area contributed by atoms with Crippen LogP contribution in [0.3, 0.4) is 0 Å². The number of anilines is 2. The Morgan fingerprint density at radius 2 is 2.21 bits per heavy atom. The van der Waals surface area contributed by atoms with Gasteiger partial charge in [-0.15, -0.1) is 5.10 Å². The normalized spacial score (nSPS) is 13.5. The second kappa shape index (κ2) is 7.16. The highest BCUT2D eigenvalue weighted by molar-refractivity contribution is 9.10. The molecule has 29 heavy (non-hydrogen) atoms. The number of pyridine rings is 1. The summed E-state index contributed by atoms with van der Waals surface area (Å²) in [4.78, 5) is 13.2. The predicted molar refractivity (Wildman–Crippen MR) is 109 cm³/mol. The summed E-state index contributed by atoms with van der Waals surface area (Å²) >= 11 is 9.80. The molecule has 0 saturated carbocycles. The summed E-state index contributed by atoms with van der Waals surface area (Å²) in [5, 5.41) is 13.2. The number of nitrogens with one attached hydrogen (secondary N) is 1. The molecule has 0 fully saturated rings. The van der Waals surface area contributed by atoms with Gasteiger partial charge in [-0.2, -0.15) is 10.1 Å². The average Bonchev–Trinajstić information content (AvgIpc) is 3.21. The van der Waals surface area contributed by atoms with E-state index in [4.69, 9.17) is 21.1 Å². The third-order valence-electron chi connectivity index (χ3n) is 4.40. The number of aryl methyl sites for hydroxylation is 1. The van der Waals surface area contributed by atoms with Crippen molar-refractivity contribution in [3.05, 3.63) is 34.3 Å². The van der Waals surface area contributed by atoms with Crippen molar-refractivity contribution in [3.63, 3.8) is 0 Å². The van der Waals surface area contributed by atoms with Crippen LogP contribution in [0.15, 0.2) is 29.1 Å². The number of methoxy groups -OCH3 is 1. The van der Waals surface area contributed by atoms with E-state index in [0.717, 1.165) is 0 Å². The quantitative estimate of drug-likeness (QED) is 0.469. The summed E-state index contributed by atoms with van der Waals surface area (Å²) in [6.45, 7) is 1.04. The number of halogens is 2. The molecule has 0 amide bonds. The van der Waals surface area contributed by atoms with Gasteiger partial charge in [0, 0.05) is 25.4 Å². The van der Waals surface area contributed by atoms with E-state index in [2.05, 4.69) is 46.4 Å². The fraction of sp³-hybridized carbons (Fsp3) is 0.235. The molecule has 0 aromatic carbocycles. The molecule has 148 valence electrons. The molecule has 0 spiro atoms. The summed E-state index contributed by atoms with van der Waals surface area (Å²) in [6.07, 6.45) is 4.00. The minimum atomic E-state index is 0.375. The minimum absolute atomic E-state index is 0.375. The molecule has 0 atom stereocenters. The molecule has 10 nitrogen and oxygen atoms in total. The van der Waals surface area contributed by atoms with Crippen molar-refractivity contribution in [2.75, 3.05) is 19.0 Å². The van der Waals surface area contributed by atoms with Gasteiger partial charge in [-0.1, -0.05) is 11.6 Å². The van der Waals surface area contributed by atoms with E-state index in [1.807, 2.05) is 6.07 Å². The zero-order chi connectivity index (χ0) is 20.0. The molecule has 1 aliphatic heterocycles. The molecule has 1 aliphatic rings. The van der Waals surface area contributed by atoms with E-state index in [1.165, 1.54) is 0 Å². The summed E-state index contributed by atoms with van der Waals surface area (Å²) < 4.78 is 15.3. The Hall–Kier alpha value is -2.92. The first kappa shape index (κ1) is 18.1. The molecule has 12 heteroatoms. The molecule has 0 aliphatic carbocycles. The van der Waals surface area contributed by atoms with Crippen LogP contribution < -0.4 is 14.8 Å². The van der Waals surface area contributed by atoms with Crippen molar-refractivity contribution in [2.24, 2.45) is 0 Å². The third-order valence-corrected chi connectivity index (χ3v) is 5.41. The highest BCUT2D eigenvalue weighted by Gasteiger charge is 2.23. The molecule has 5 rings (SSSR count). The summed E-state index contributed by atoms with van der Waals surface area (Å²) in [5.41, 5.74) is 1.91. The van der Waals surface area contributed by atoms with Crippen LogP contribution in [0.25, 0.3) is 16.7 Å². The highest BCUT2D eigenvalue weighted by atomic mass is 79.9. The maximum atomic E-state index is 6.20. The second-order valence-corrected chi connectivity index (χ2v) is 7.30. The van der Waals surface area contributed by atoms with Gasteiger partial charge < -0.3 is 14.8 Å². The Bertz CT molecular complexity index is 1220. The van der Waals surface area contributed by atoms with Crippen LogP contribution in [0.5, 0.6) is 11.8 Å². The van der Waals surface area contributed by atoms with Crippen LogP contribution in [-0.4, -0.2) is 48.2 Å². The molecule has 0 saturated heterocycles. The van der Waals surface area contributed by atoms with E-state index in [9.17, 15) is 0 Å². The Labute approximate surface area is 178 Å². The summed E-state index contributed by atoms with van der Waals surface area (Å²) in [5.74, 6) is 1.22.